The summed E-state index contributed by atoms with van der Waals surface area (Å²) in [7, 11) is 0. The van der Waals surface area contributed by atoms with Gasteiger partial charge in [0.05, 0.1) is 17.0 Å². The van der Waals surface area contributed by atoms with Crippen LogP contribution in [0, 0.1) is 6.92 Å². The predicted molar refractivity (Wildman–Crippen MR) is 122 cm³/mol. The standard InChI is InChI=1S/C24H29N7O2/c1-15-12-20(33-29-15)18-13-25-24(30-9-2-3-10-30)26-21(18)16-6-5-11-31(14-16)23(32)22-17-7-4-8-19(17)27-28-22/h12-13,16H,2-11,14H2,1H3,(H,27,28). The van der Waals surface area contributed by atoms with Crippen LogP contribution in [0.5, 0.6) is 0 Å². The maximum Gasteiger partial charge on any atom is 0.274 e. The number of aromatic amines is 1. The first kappa shape index (κ1) is 20.4. The van der Waals surface area contributed by atoms with Crippen molar-refractivity contribution in [3.05, 3.63) is 40.6 Å². The number of hydrogen-bond acceptors (Lipinski definition) is 7. The molecule has 6 rings (SSSR count). The lowest BCUT2D eigenvalue weighted by Gasteiger charge is -2.33. The van der Waals surface area contributed by atoms with E-state index in [-0.39, 0.29) is 11.8 Å². The van der Waals surface area contributed by atoms with E-state index in [4.69, 9.17) is 9.51 Å². The second kappa shape index (κ2) is 8.28. The first-order valence-electron chi connectivity index (χ1n) is 12.1. The lowest BCUT2D eigenvalue weighted by molar-refractivity contribution is 0.0699. The molecule has 1 unspecified atom stereocenters. The molecule has 0 radical (unpaired) electrons. The molecule has 2 saturated heterocycles. The number of nitrogens with one attached hydrogen (secondary N) is 1. The van der Waals surface area contributed by atoms with Gasteiger partial charge >= 0.3 is 0 Å². The Balaban J connectivity index is 1.32. The van der Waals surface area contributed by atoms with Crippen LogP contribution in [-0.2, 0) is 12.8 Å². The van der Waals surface area contributed by atoms with Gasteiger partial charge in [0, 0.05) is 55.6 Å². The number of H-pyrrole nitrogens is 1. The quantitative estimate of drug-likeness (QED) is 0.654. The van der Waals surface area contributed by atoms with Crippen molar-refractivity contribution in [1.82, 2.24) is 30.2 Å². The van der Waals surface area contributed by atoms with E-state index >= 15 is 0 Å². The molecule has 0 bridgehead atoms. The van der Waals surface area contributed by atoms with E-state index < -0.39 is 0 Å². The van der Waals surface area contributed by atoms with Gasteiger partial charge in [-0.05, 0) is 51.9 Å². The SMILES string of the molecule is Cc1cc(-c2cnc(N3CCCC3)nc2C2CCCN(C(=O)c3n[nH]c4c3CCC4)C2)on1. The van der Waals surface area contributed by atoms with Gasteiger partial charge in [-0.2, -0.15) is 5.10 Å². The highest BCUT2D eigenvalue weighted by Crippen LogP contribution is 2.35. The van der Waals surface area contributed by atoms with Gasteiger partial charge in [-0.25, -0.2) is 9.97 Å². The molecule has 1 aliphatic carbocycles. The minimum atomic E-state index is 0.0324. The lowest BCUT2D eigenvalue weighted by atomic mass is 9.91. The Labute approximate surface area is 192 Å². The number of piperidine rings is 1. The number of nitrogens with zero attached hydrogens (tertiary/aromatic N) is 6. The molecule has 1 atom stereocenters. The summed E-state index contributed by atoms with van der Waals surface area (Å²) in [5.74, 6) is 1.60. The molecule has 3 aromatic heterocycles. The summed E-state index contributed by atoms with van der Waals surface area (Å²) in [6, 6.07) is 1.93. The summed E-state index contributed by atoms with van der Waals surface area (Å²) in [5.41, 5.74) is 5.49. The van der Waals surface area contributed by atoms with Crippen LogP contribution < -0.4 is 4.90 Å². The van der Waals surface area contributed by atoms with E-state index in [1.807, 2.05) is 24.1 Å². The molecular weight excluding hydrogens is 418 g/mol. The molecule has 2 fully saturated rings. The Morgan fingerprint density at radius 1 is 1.15 bits per heavy atom. The van der Waals surface area contributed by atoms with Gasteiger partial charge in [0.15, 0.2) is 11.5 Å². The van der Waals surface area contributed by atoms with E-state index in [0.29, 0.717) is 18.0 Å². The van der Waals surface area contributed by atoms with Crippen LogP contribution in [0.2, 0.25) is 0 Å². The number of anilines is 1. The minimum Gasteiger partial charge on any atom is -0.356 e. The molecule has 0 aromatic carbocycles. The number of rotatable bonds is 4. The molecule has 5 heterocycles. The van der Waals surface area contributed by atoms with E-state index in [1.165, 1.54) is 12.8 Å². The van der Waals surface area contributed by atoms with Crippen LogP contribution in [0.15, 0.2) is 16.8 Å². The Hall–Kier alpha value is -3.23. The fraction of sp³-hybridized carbons (Fsp3) is 0.542. The number of fused-ring (bicyclic) bond motifs is 1. The zero-order valence-electron chi connectivity index (χ0n) is 19.0. The van der Waals surface area contributed by atoms with Crippen LogP contribution in [0.25, 0.3) is 11.3 Å². The van der Waals surface area contributed by atoms with Gasteiger partial charge in [0.25, 0.3) is 5.91 Å². The number of hydrogen-bond donors (Lipinski definition) is 1. The molecule has 9 nitrogen and oxygen atoms in total. The molecule has 33 heavy (non-hydrogen) atoms. The first-order valence-corrected chi connectivity index (χ1v) is 12.1. The maximum absolute atomic E-state index is 13.4. The summed E-state index contributed by atoms with van der Waals surface area (Å²) < 4.78 is 5.59. The minimum absolute atomic E-state index is 0.0324. The zero-order chi connectivity index (χ0) is 22.4. The fourth-order valence-corrected chi connectivity index (χ4v) is 5.48. The summed E-state index contributed by atoms with van der Waals surface area (Å²) >= 11 is 0. The third-order valence-corrected chi connectivity index (χ3v) is 7.19. The van der Waals surface area contributed by atoms with Crippen molar-refractivity contribution in [2.24, 2.45) is 0 Å². The van der Waals surface area contributed by atoms with Crippen LogP contribution >= 0.6 is 0 Å². The average molecular weight is 448 g/mol. The normalized spacial score (nSPS) is 20.5. The van der Waals surface area contributed by atoms with Gasteiger partial charge in [-0.1, -0.05) is 5.16 Å². The number of carbonyl (C=O) groups is 1. The van der Waals surface area contributed by atoms with Crippen LogP contribution in [0.1, 0.15) is 71.2 Å². The highest BCUT2D eigenvalue weighted by molar-refractivity contribution is 5.94. The number of carbonyl (C=O) groups excluding carboxylic acids is 1. The van der Waals surface area contributed by atoms with E-state index in [2.05, 4.69) is 25.2 Å². The van der Waals surface area contributed by atoms with Crippen molar-refractivity contribution in [3.8, 4) is 11.3 Å². The van der Waals surface area contributed by atoms with Crippen molar-refractivity contribution in [1.29, 1.82) is 0 Å². The largest absolute Gasteiger partial charge is 0.356 e. The molecule has 1 amide bonds. The monoisotopic (exact) mass is 447 g/mol. The summed E-state index contributed by atoms with van der Waals surface area (Å²) in [5, 5.41) is 11.5. The van der Waals surface area contributed by atoms with Crippen molar-refractivity contribution in [2.45, 2.75) is 57.8 Å². The fourth-order valence-electron chi connectivity index (χ4n) is 5.48. The predicted octanol–water partition coefficient (Wildman–Crippen LogP) is 3.27. The molecular formula is C24H29N7O2. The third kappa shape index (κ3) is 3.69. The lowest BCUT2D eigenvalue weighted by Crippen LogP contribution is -2.40. The van der Waals surface area contributed by atoms with Gasteiger partial charge < -0.3 is 14.3 Å². The van der Waals surface area contributed by atoms with Crippen LogP contribution in [0.4, 0.5) is 5.95 Å². The van der Waals surface area contributed by atoms with Gasteiger partial charge in [0.2, 0.25) is 5.95 Å². The highest BCUT2D eigenvalue weighted by atomic mass is 16.5. The number of aryl methyl sites for hydroxylation is 2. The highest BCUT2D eigenvalue weighted by Gasteiger charge is 2.33. The number of aromatic nitrogens is 5. The molecule has 1 N–H and O–H groups in total. The van der Waals surface area contributed by atoms with E-state index in [1.54, 1.807) is 0 Å². The summed E-state index contributed by atoms with van der Waals surface area (Å²) in [6.07, 6.45) is 9.12. The second-order valence-corrected chi connectivity index (χ2v) is 9.47. The van der Waals surface area contributed by atoms with Crippen molar-refractivity contribution < 1.29 is 9.32 Å². The Bertz CT molecular complexity index is 1180. The van der Waals surface area contributed by atoms with Crippen LogP contribution in [0.3, 0.4) is 0 Å². The van der Waals surface area contributed by atoms with Gasteiger partial charge in [-0.3, -0.25) is 9.89 Å². The van der Waals surface area contributed by atoms with Gasteiger partial charge in [0.1, 0.15) is 0 Å². The van der Waals surface area contributed by atoms with Gasteiger partial charge in [-0.15, -0.1) is 0 Å². The number of likely N-dealkylation sites (tertiary alicyclic amines) is 1. The van der Waals surface area contributed by atoms with Crippen molar-refractivity contribution in [2.75, 3.05) is 31.1 Å². The summed E-state index contributed by atoms with van der Waals surface area (Å²) in [4.78, 5) is 27.3. The smallest absolute Gasteiger partial charge is 0.274 e. The second-order valence-electron chi connectivity index (χ2n) is 9.47. The Morgan fingerprint density at radius 3 is 2.85 bits per heavy atom. The van der Waals surface area contributed by atoms with Crippen LogP contribution in [-0.4, -0.2) is 62.3 Å². The molecule has 3 aromatic rings. The Kier molecular flexibility index (Phi) is 5.11. The maximum atomic E-state index is 13.4. The first-order chi connectivity index (χ1) is 16.2. The van der Waals surface area contributed by atoms with Crippen molar-refractivity contribution >= 4 is 11.9 Å². The molecule has 172 valence electrons. The number of amides is 1. The average Bonchev–Trinajstić information content (AvgIpc) is 3.64. The molecule has 0 saturated carbocycles. The summed E-state index contributed by atoms with van der Waals surface area (Å²) in [6.45, 7) is 5.25. The molecule has 2 aliphatic heterocycles. The van der Waals surface area contributed by atoms with E-state index in [9.17, 15) is 4.79 Å². The Morgan fingerprint density at radius 2 is 2.03 bits per heavy atom. The third-order valence-electron chi connectivity index (χ3n) is 7.19. The topological polar surface area (TPSA) is 104 Å². The molecule has 9 heteroatoms. The van der Waals surface area contributed by atoms with E-state index in [0.717, 1.165) is 85.9 Å². The zero-order valence-corrected chi connectivity index (χ0v) is 19.0. The molecule has 0 spiro atoms. The molecule has 3 aliphatic rings. The van der Waals surface area contributed by atoms with Crippen molar-refractivity contribution in [3.63, 3.8) is 0 Å².